The van der Waals surface area contributed by atoms with Crippen LogP contribution in [0, 0.1) is 4.77 Å². The Bertz CT molecular complexity index is 618. The van der Waals surface area contributed by atoms with Gasteiger partial charge in [-0.1, -0.05) is 38.0 Å². The number of hydrogen-bond donors (Lipinski definition) is 2. The number of nitrogens with one attached hydrogen (secondary N) is 2. The van der Waals surface area contributed by atoms with Crippen LogP contribution in [0.15, 0.2) is 30.3 Å². The number of hydrogen-bond acceptors (Lipinski definition) is 3. The van der Waals surface area contributed by atoms with Crippen molar-refractivity contribution in [2.45, 2.75) is 32.6 Å². The molecule has 6 heteroatoms. The van der Waals surface area contributed by atoms with Gasteiger partial charge in [0.25, 0.3) is 5.91 Å². The molecule has 0 bridgehead atoms. The lowest BCUT2D eigenvalue weighted by Crippen LogP contribution is -2.25. The van der Waals surface area contributed by atoms with Crippen molar-refractivity contribution in [2.24, 2.45) is 0 Å². The Kier molecular flexibility index (Phi) is 5.06. The molecule has 106 valence electrons. The molecule has 5 nitrogen and oxygen atoms in total. The number of aryl methyl sites for hydroxylation is 1. The molecule has 2 rings (SSSR count). The van der Waals surface area contributed by atoms with E-state index in [0.717, 1.165) is 31.5 Å². The van der Waals surface area contributed by atoms with Gasteiger partial charge < -0.3 is 0 Å². The molecule has 1 heterocycles. The van der Waals surface area contributed by atoms with Crippen molar-refractivity contribution < 1.29 is 4.79 Å². The molecule has 0 fully saturated rings. The Balaban J connectivity index is 2.11. The minimum absolute atomic E-state index is 0.195. The molecule has 20 heavy (non-hydrogen) atoms. The molecule has 1 amide bonds. The molecule has 0 atom stereocenters. The molecule has 0 saturated heterocycles. The fourth-order valence-corrected chi connectivity index (χ4v) is 2.10. The number of rotatable bonds is 6. The van der Waals surface area contributed by atoms with Gasteiger partial charge in [0.15, 0.2) is 5.82 Å². The number of benzene rings is 1. The maximum Gasteiger partial charge on any atom is 0.270 e. The zero-order chi connectivity index (χ0) is 14.4. The molecule has 0 aliphatic heterocycles. The molecule has 0 spiro atoms. The summed E-state index contributed by atoms with van der Waals surface area (Å²) in [6.45, 7) is 2.15. The van der Waals surface area contributed by atoms with Crippen molar-refractivity contribution in [3.05, 3.63) is 46.5 Å². The number of carbonyl (C=O) groups is 1. The van der Waals surface area contributed by atoms with Gasteiger partial charge in [-0.25, -0.2) is 4.68 Å². The third-order valence-electron chi connectivity index (χ3n) is 3.00. The molecule has 1 aromatic carbocycles. The quantitative estimate of drug-likeness (QED) is 0.635. The summed E-state index contributed by atoms with van der Waals surface area (Å²) in [4.78, 5) is 12.1. The number of carbonyl (C=O) groups excluding carboxylic acids is 1. The Hall–Kier alpha value is -1.95. The number of aromatic nitrogens is 3. The van der Waals surface area contributed by atoms with E-state index >= 15 is 0 Å². The fourth-order valence-electron chi connectivity index (χ4n) is 1.90. The Morgan fingerprint density at radius 3 is 2.80 bits per heavy atom. The zero-order valence-corrected chi connectivity index (χ0v) is 12.2. The minimum atomic E-state index is -0.195. The van der Waals surface area contributed by atoms with Gasteiger partial charge >= 0.3 is 0 Å². The summed E-state index contributed by atoms with van der Waals surface area (Å²) in [7, 11) is 0. The van der Waals surface area contributed by atoms with Crippen LogP contribution in [-0.4, -0.2) is 20.8 Å². The Morgan fingerprint density at radius 2 is 2.10 bits per heavy atom. The van der Waals surface area contributed by atoms with Gasteiger partial charge in [-0.2, -0.15) is 5.10 Å². The van der Waals surface area contributed by atoms with Crippen molar-refractivity contribution in [2.75, 3.05) is 5.43 Å². The van der Waals surface area contributed by atoms with E-state index < -0.39 is 0 Å². The summed E-state index contributed by atoms with van der Waals surface area (Å²) in [5.74, 6) is 0.563. The van der Waals surface area contributed by atoms with Crippen LogP contribution >= 0.6 is 12.2 Å². The summed E-state index contributed by atoms with van der Waals surface area (Å²) in [6.07, 6.45) is 4.08. The van der Waals surface area contributed by atoms with E-state index in [-0.39, 0.29) is 5.91 Å². The van der Waals surface area contributed by atoms with E-state index in [0.29, 0.717) is 10.3 Å². The number of amides is 1. The van der Waals surface area contributed by atoms with Crippen LogP contribution in [0.25, 0.3) is 0 Å². The number of aromatic amines is 1. The number of H-pyrrole nitrogens is 1. The lowest BCUT2D eigenvalue weighted by molar-refractivity contribution is 0.101. The predicted molar refractivity (Wildman–Crippen MR) is 80.8 cm³/mol. The summed E-state index contributed by atoms with van der Waals surface area (Å²) in [5, 5.41) is 6.89. The maximum atomic E-state index is 12.1. The van der Waals surface area contributed by atoms with Crippen LogP contribution in [0.5, 0.6) is 0 Å². The molecule has 0 aliphatic carbocycles. The maximum absolute atomic E-state index is 12.1. The van der Waals surface area contributed by atoms with E-state index in [4.69, 9.17) is 12.2 Å². The monoisotopic (exact) mass is 290 g/mol. The third-order valence-corrected chi connectivity index (χ3v) is 3.27. The average Bonchev–Trinajstić information content (AvgIpc) is 2.81. The second kappa shape index (κ2) is 7.00. The molecule has 0 unspecified atom stereocenters. The summed E-state index contributed by atoms with van der Waals surface area (Å²) in [5.41, 5.74) is 3.37. The first-order chi connectivity index (χ1) is 9.72. The Labute approximate surface area is 123 Å². The van der Waals surface area contributed by atoms with E-state index in [1.165, 1.54) is 0 Å². The smallest absolute Gasteiger partial charge is 0.267 e. The first-order valence-electron chi connectivity index (χ1n) is 6.75. The van der Waals surface area contributed by atoms with E-state index in [2.05, 4.69) is 22.5 Å². The van der Waals surface area contributed by atoms with Gasteiger partial charge in [0, 0.05) is 12.0 Å². The van der Waals surface area contributed by atoms with Gasteiger partial charge in [0.1, 0.15) is 0 Å². The first kappa shape index (κ1) is 14.5. The SMILES string of the molecule is CCCCCc1n[nH]c(=S)n1NC(=O)c1ccccc1. The highest BCUT2D eigenvalue weighted by molar-refractivity contribution is 7.71. The van der Waals surface area contributed by atoms with Gasteiger partial charge in [-0.3, -0.25) is 15.3 Å². The van der Waals surface area contributed by atoms with Crippen molar-refractivity contribution in [1.82, 2.24) is 14.9 Å². The van der Waals surface area contributed by atoms with Crippen LogP contribution in [0.1, 0.15) is 42.4 Å². The molecule has 1 aromatic heterocycles. The number of unbranched alkanes of at least 4 members (excludes halogenated alkanes) is 2. The molecule has 2 aromatic rings. The summed E-state index contributed by atoms with van der Waals surface area (Å²) < 4.78 is 1.96. The van der Waals surface area contributed by atoms with Crippen molar-refractivity contribution in [3.8, 4) is 0 Å². The lowest BCUT2D eigenvalue weighted by Gasteiger charge is -2.08. The zero-order valence-electron chi connectivity index (χ0n) is 11.4. The largest absolute Gasteiger partial charge is 0.270 e. The van der Waals surface area contributed by atoms with E-state index in [1.807, 2.05) is 18.2 Å². The predicted octanol–water partition coefficient (Wildman–Crippen LogP) is 3.06. The van der Waals surface area contributed by atoms with Crippen LogP contribution < -0.4 is 5.43 Å². The lowest BCUT2D eigenvalue weighted by atomic mass is 10.2. The molecule has 0 radical (unpaired) electrons. The molecule has 0 aliphatic rings. The highest BCUT2D eigenvalue weighted by atomic mass is 32.1. The van der Waals surface area contributed by atoms with Gasteiger partial charge in [-0.15, -0.1) is 0 Å². The topological polar surface area (TPSA) is 62.7 Å². The summed E-state index contributed by atoms with van der Waals surface area (Å²) in [6, 6.07) is 9.04. The van der Waals surface area contributed by atoms with Crippen LogP contribution in [0.4, 0.5) is 0 Å². The van der Waals surface area contributed by atoms with E-state index in [9.17, 15) is 4.79 Å². The van der Waals surface area contributed by atoms with Crippen molar-refractivity contribution >= 4 is 18.1 Å². The first-order valence-corrected chi connectivity index (χ1v) is 7.16. The molecule has 2 N–H and O–H groups in total. The highest BCUT2D eigenvalue weighted by Crippen LogP contribution is 2.05. The summed E-state index contributed by atoms with van der Waals surface area (Å²) >= 11 is 5.15. The second-order valence-corrected chi connectivity index (χ2v) is 4.93. The third kappa shape index (κ3) is 3.54. The molecular weight excluding hydrogens is 272 g/mol. The second-order valence-electron chi connectivity index (χ2n) is 4.54. The fraction of sp³-hybridized carbons (Fsp3) is 0.357. The van der Waals surface area contributed by atoms with Crippen molar-refractivity contribution in [1.29, 1.82) is 0 Å². The highest BCUT2D eigenvalue weighted by Gasteiger charge is 2.10. The van der Waals surface area contributed by atoms with Crippen molar-refractivity contribution in [3.63, 3.8) is 0 Å². The average molecular weight is 290 g/mol. The van der Waals surface area contributed by atoms with Gasteiger partial charge in [0.2, 0.25) is 4.77 Å². The van der Waals surface area contributed by atoms with Gasteiger partial charge in [-0.05, 0) is 30.8 Å². The minimum Gasteiger partial charge on any atom is -0.267 e. The standard InChI is InChI=1S/C14H18N4OS/c1-2-3-5-10-12-15-16-14(20)18(12)17-13(19)11-8-6-4-7-9-11/h4,6-9H,2-3,5,10H2,1H3,(H,16,20)(H,17,19). The molecular formula is C14H18N4OS. The normalized spacial score (nSPS) is 10.4. The Morgan fingerprint density at radius 1 is 1.35 bits per heavy atom. The van der Waals surface area contributed by atoms with E-state index in [1.54, 1.807) is 16.8 Å². The van der Waals surface area contributed by atoms with Crippen LogP contribution in [0.3, 0.4) is 0 Å². The van der Waals surface area contributed by atoms with Crippen LogP contribution in [0.2, 0.25) is 0 Å². The van der Waals surface area contributed by atoms with Gasteiger partial charge in [0.05, 0.1) is 0 Å². The number of nitrogens with zero attached hydrogens (tertiary/aromatic N) is 2. The van der Waals surface area contributed by atoms with Crippen LogP contribution in [-0.2, 0) is 6.42 Å². The molecule has 0 saturated carbocycles.